The predicted molar refractivity (Wildman–Crippen MR) is 72.4 cm³/mol. The lowest BCUT2D eigenvalue weighted by molar-refractivity contribution is -0.132. The van der Waals surface area contributed by atoms with Crippen molar-refractivity contribution in [3.05, 3.63) is 11.3 Å². The Balaban J connectivity index is 5.24. The molecule has 0 aliphatic heterocycles. The summed E-state index contributed by atoms with van der Waals surface area (Å²) in [6.45, 7) is 13.0. The molecule has 0 saturated carbocycles. The number of hydrogen-bond acceptors (Lipinski definition) is 1. The molecule has 0 aliphatic carbocycles. The fraction of sp³-hybridized carbons (Fsp3) is 0.769. The maximum absolute atomic E-state index is 11.0. The molecule has 2 unspecified atom stereocenters. The first-order valence-corrected chi connectivity index (χ1v) is 8.95. The summed E-state index contributed by atoms with van der Waals surface area (Å²) in [5, 5.41) is 9.01. The van der Waals surface area contributed by atoms with Crippen LogP contribution in [0.4, 0.5) is 0 Å². The Hall–Kier alpha value is -0.573. The van der Waals surface area contributed by atoms with Crippen LogP contribution in [0.15, 0.2) is 11.3 Å². The molecule has 0 heterocycles. The van der Waals surface area contributed by atoms with Crippen LogP contribution in [0.1, 0.15) is 47.5 Å². The molecule has 3 heteroatoms. The molecule has 0 fully saturated rings. The van der Waals surface area contributed by atoms with E-state index in [9.17, 15) is 4.79 Å². The van der Waals surface area contributed by atoms with Crippen molar-refractivity contribution in [3.8, 4) is 0 Å². The Morgan fingerprint density at radius 3 is 1.88 bits per heavy atom. The number of carboxylic acids is 1. The smallest absolute Gasteiger partial charge is 0.330 e. The highest BCUT2D eigenvalue weighted by Crippen LogP contribution is 2.38. The van der Waals surface area contributed by atoms with Gasteiger partial charge in [-0.2, -0.15) is 0 Å². The first kappa shape index (κ1) is 15.4. The predicted octanol–water partition coefficient (Wildman–Crippen LogP) is 4.24. The zero-order chi connectivity index (χ0) is 12.9. The quantitative estimate of drug-likeness (QED) is 0.559. The van der Waals surface area contributed by atoms with Gasteiger partial charge in [0.15, 0.2) is 0 Å². The maximum Gasteiger partial charge on any atom is 0.330 e. The summed E-state index contributed by atoms with van der Waals surface area (Å²) in [4.78, 5) is 11.0. The van der Waals surface area contributed by atoms with Crippen molar-refractivity contribution in [1.82, 2.24) is 0 Å². The van der Waals surface area contributed by atoms with Crippen molar-refractivity contribution in [1.29, 1.82) is 0 Å². The zero-order valence-corrected chi connectivity index (χ0v) is 12.5. The minimum atomic E-state index is -1.62. The van der Waals surface area contributed by atoms with Gasteiger partial charge in [-0.25, -0.2) is 4.79 Å². The summed E-state index contributed by atoms with van der Waals surface area (Å²) in [5.74, 6) is -0.773. The van der Waals surface area contributed by atoms with Crippen LogP contribution >= 0.6 is 0 Å². The van der Waals surface area contributed by atoms with E-state index in [0.29, 0.717) is 16.7 Å². The molecule has 0 aromatic rings. The maximum atomic E-state index is 11.0. The minimum Gasteiger partial charge on any atom is -0.478 e. The molecule has 0 aliphatic rings. The average molecular weight is 242 g/mol. The molecule has 94 valence electrons. The van der Waals surface area contributed by atoms with Gasteiger partial charge in [0.25, 0.3) is 0 Å². The van der Waals surface area contributed by atoms with Crippen molar-refractivity contribution < 1.29 is 9.90 Å². The van der Waals surface area contributed by atoms with E-state index in [1.807, 2.05) is 0 Å². The topological polar surface area (TPSA) is 37.3 Å². The second-order valence-corrected chi connectivity index (χ2v) is 10.1. The van der Waals surface area contributed by atoms with Gasteiger partial charge in [0, 0.05) is 5.57 Å². The van der Waals surface area contributed by atoms with E-state index in [-0.39, 0.29) is 0 Å². The van der Waals surface area contributed by atoms with Crippen LogP contribution in [0.3, 0.4) is 0 Å². The van der Waals surface area contributed by atoms with Gasteiger partial charge in [0.2, 0.25) is 0 Å². The second-order valence-electron chi connectivity index (χ2n) is 5.12. The first-order valence-electron chi connectivity index (χ1n) is 6.22. The van der Waals surface area contributed by atoms with Gasteiger partial charge >= 0.3 is 5.97 Å². The molecule has 0 saturated heterocycles. The molecular weight excluding hydrogens is 216 g/mol. The van der Waals surface area contributed by atoms with E-state index in [4.69, 9.17) is 5.11 Å². The summed E-state index contributed by atoms with van der Waals surface area (Å²) in [7, 11) is -1.62. The normalized spacial score (nSPS) is 20.0. The van der Waals surface area contributed by atoms with Gasteiger partial charge in [0.1, 0.15) is 0 Å². The molecule has 0 aromatic heterocycles. The van der Waals surface area contributed by atoms with Crippen LogP contribution in [0.2, 0.25) is 17.6 Å². The van der Waals surface area contributed by atoms with Gasteiger partial charge < -0.3 is 5.11 Å². The standard InChI is InChI=1S/C13H26O2Si/c1-7-11(4)16(6,12(5)8-2)9-10(3)13(14)15/h9,11-12H,7-8H2,1-6H3,(H,14,15). The van der Waals surface area contributed by atoms with Crippen LogP contribution < -0.4 is 0 Å². The lowest BCUT2D eigenvalue weighted by atomic mass is 10.3. The Morgan fingerprint density at radius 1 is 1.25 bits per heavy atom. The fourth-order valence-electron chi connectivity index (χ4n) is 2.18. The SMILES string of the molecule is CCC(C)[Si](C)(C=C(C)C(=O)O)C(C)CC. The summed E-state index contributed by atoms with van der Waals surface area (Å²) < 4.78 is 0. The molecule has 0 radical (unpaired) electrons. The van der Waals surface area contributed by atoms with Crippen LogP contribution in [0.25, 0.3) is 0 Å². The number of carbonyl (C=O) groups is 1. The van der Waals surface area contributed by atoms with Crippen LogP contribution in [-0.2, 0) is 4.79 Å². The molecule has 1 N–H and O–H groups in total. The number of hydrogen-bond donors (Lipinski definition) is 1. The van der Waals surface area contributed by atoms with E-state index < -0.39 is 14.0 Å². The van der Waals surface area contributed by atoms with Gasteiger partial charge in [-0.1, -0.05) is 52.8 Å². The average Bonchev–Trinajstić information content (AvgIpc) is 2.25. The van der Waals surface area contributed by atoms with Gasteiger partial charge in [-0.3, -0.25) is 0 Å². The molecular formula is C13H26O2Si. The molecule has 16 heavy (non-hydrogen) atoms. The Morgan fingerprint density at radius 2 is 1.62 bits per heavy atom. The Kier molecular flexibility index (Phi) is 6.01. The van der Waals surface area contributed by atoms with Crippen LogP contribution in [-0.4, -0.2) is 19.1 Å². The largest absolute Gasteiger partial charge is 0.478 e. The van der Waals surface area contributed by atoms with Crippen molar-refractivity contribution in [2.45, 2.75) is 65.1 Å². The monoisotopic (exact) mass is 242 g/mol. The molecule has 0 bridgehead atoms. The molecule has 0 aromatic carbocycles. The summed E-state index contributed by atoms with van der Waals surface area (Å²) in [5.41, 5.74) is 3.89. The van der Waals surface area contributed by atoms with Crippen molar-refractivity contribution in [3.63, 3.8) is 0 Å². The zero-order valence-electron chi connectivity index (χ0n) is 11.5. The van der Waals surface area contributed by atoms with Crippen LogP contribution in [0, 0.1) is 0 Å². The lowest BCUT2D eigenvalue weighted by Crippen LogP contribution is -2.38. The van der Waals surface area contributed by atoms with E-state index >= 15 is 0 Å². The van der Waals surface area contributed by atoms with Crippen molar-refractivity contribution in [2.75, 3.05) is 0 Å². The molecule has 0 amide bonds. The van der Waals surface area contributed by atoms with E-state index in [1.165, 1.54) is 0 Å². The highest BCUT2D eigenvalue weighted by Gasteiger charge is 2.35. The Labute approximate surface area is 101 Å². The number of aliphatic carboxylic acids is 1. The third-order valence-electron chi connectivity index (χ3n) is 4.21. The van der Waals surface area contributed by atoms with Crippen molar-refractivity contribution >= 4 is 14.0 Å². The van der Waals surface area contributed by atoms with Crippen LogP contribution in [0.5, 0.6) is 0 Å². The third kappa shape index (κ3) is 3.48. The molecule has 2 nitrogen and oxygen atoms in total. The van der Waals surface area contributed by atoms with Crippen molar-refractivity contribution in [2.24, 2.45) is 0 Å². The van der Waals surface area contributed by atoms with E-state index in [0.717, 1.165) is 12.8 Å². The highest BCUT2D eigenvalue weighted by atomic mass is 28.3. The van der Waals surface area contributed by atoms with Gasteiger partial charge in [0.05, 0.1) is 8.07 Å². The summed E-state index contributed by atoms with van der Waals surface area (Å²) in [6.07, 6.45) is 2.27. The van der Waals surface area contributed by atoms with E-state index in [1.54, 1.807) is 6.92 Å². The van der Waals surface area contributed by atoms with Gasteiger partial charge in [-0.15, -0.1) is 0 Å². The first-order chi connectivity index (χ1) is 7.29. The molecule has 2 atom stereocenters. The number of rotatable bonds is 6. The molecule has 0 spiro atoms. The minimum absolute atomic E-state index is 0.523. The second kappa shape index (κ2) is 6.23. The third-order valence-corrected chi connectivity index (χ3v) is 10.3. The Bertz CT molecular complexity index is 261. The summed E-state index contributed by atoms with van der Waals surface area (Å²) >= 11 is 0. The van der Waals surface area contributed by atoms with E-state index in [2.05, 4.69) is 39.9 Å². The van der Waals surface area contributed by atoms with Gasteiger partial charge in [-0.05, 0) is 18.0 Å². The lowest BCUT2D eigenvalue weighted by Gasteiger charge is -2.36. The molecule has 0 rings (SSSR count). The fourth-order valence-corrected chi connectivity index (χ4v) is 6.53. The summed E-state index contributed by atoms with van der Waals surface area (Å²) in [6, 6.07) is 0. The number of carboxylic acid groups (broad SMARTS) is 1. The highest BCUT2D eigenvalue weighted by molar-refractivity contribution is 6.86.